The van der Waals surface area contributed by atoms with Crippen LogP contribution in [0.25, 0.3) is 6.08 Å². The van der Waals surface area contributed by atoms with E-state index in [0.29, 0.717) is 5.69 Å². The van der Waals surface area contributed by atoms with Crippen LogP contribution in [-0.4, -0.2) is 14.3 Å². The summed E-state index contributed by atoms with van der Waals surface area (Å²) in [7, 11) is -3.89. The van der Waals surface area contributed by atoms with Crippen LogP contribution in [0.3, 0.4) is 0 Å². The maximum Gasteiger partial charge on any atom is 0.264 e. The summed E-state index contributed by atoms with van der Waals surface area (Å²) in [5.41, 5.74) is 6.74. The first-order valence-corrected chi connectivity index (χ1v) is 7.61. The van der Waals surface area contributed by atoms with E-state index in [1.807, 2.05) is 22.9 Å². The molecular formula is C15H14N2O3S. The fourth-order valence-electron chi connectivity index (χ4n) is 1.61. The Balaban J connectivity index is 2.08. The van der Waals surface area contributed by atoms with Gasteiger partial charge < -0.3 is 5.73 Å². The van der Waals surface area contributed by atoms with E-state index < -0.39 is 15.9 Å². The second-order valence-corrected chi connectivity index (χ2v) is 5.97. The lowest BCUT2D eigenvalue weighted by Gasteiger charge is -2.04. The van der Waals surface area contributed by atoms with E-state index in [1.165, 1.54) is 36.4 Å². The van der Waals surface area contributed by atoms with Gasteiger partial charge in [-0.3, -0.25) is 4.79 Å². The minimum Gasteiger partial charge on any atom is -0.399 e. The largest absolute Gasteiger partial charge is 0.399 e. The molecule has 0 atom stereocenters. The van der Waals surface area contributed by atoms with E-state index in [-0.39, 0.29) is 4.90 Å². The van der Waals surface area contributed by atoms with Gasteiger partial charge in [-0.25, -0.2) is 13.1 Å². The summed E-state index contributed by atoms with van der Waals surface area (Å²) in [6.45, 7) is 0. The van der Waals surface area contributed by atoms with E-state index in [9.17, 15) is 13.2 Å². The molecule has 21 heavy (non-hydrogen) atoms. The quantitative estimate of drug-likeness (QED) is 0.665. The van der Waals surface area contributed by atoms with Crippen molar-refractivity contribution in [1.29, 1.82) is 0 Å². The number of rotatable bonds is 4. The number of nitrogens with one attached hydrogen (secondary N) is 1. The van der Waals surface area contributed by atoms with Crippen LogP contribution in [0, 0.1) is 0 Å². The van der Waals surface area contributed by atoms with Crippen LogP contribution in [0.2, 0.25) is 0 Å². The first-order chi connectivity index (χ1) is 9.97. The molecule has 0 aliphatic carbocycles. The highest BCUT2D eigenvalue weighted by Crippen LogP contribution is 2.11. The minimum absolute atomic E-state index is 0.0156. The zero-order valence-corrected chi connectivity index (χ0v) is 11.9. The normalized spacial score (nSPS) is 11.4. The van der Waals surface area contributed by atoms with Crippen molar-refractivity contribution in [3.63, 3.8) is 0 Å². The van der Waals surface area contributed by atoms with E-state index in [1.54, 1.807) is 12.1 Å². The fraction of sp³-hybridized carbons (Fsp3) is 0. The van der Waals surface area contributed by atoms with Gasteiger partial charge in [0.1, 0.15) is 0 Å². The van der Waals surface area contributed by atoms with Gasteiger partial charge in [-0.05, 0) is 35.9 Å². The molecule has 0 aliphatic rings. The summed E-state index contributed by atoms with van der Waals surface area (Å²) in [6.07, 6.45) is 2.71. The van der Waals surface area contributed by atoms with Crippen molar-refractivity contribution in [3.05, 3.63) is 66.2 Å². The second kappa shape index (κ2) is 6.23. The molecule has 3 N–H and O–H groups in total. The van der Waals surface area contributed by atoms with Crippen molar-refractivity contribution in [2.75, 3.05) is 5.73 Å². The molecule has 2 rings (SSSR count). The number of carbonyl (C=O) groups excluding carboxylic acids is 1. The number of amides is 1. The number of sulfonamides is 1. The Bertz CT molecular complexity index is 751. The summed E-state index contributed by atoms with van der Waals surface area (Å²) < 4.78 is 25.9. The molecule has 5 nitrogen and oxygen atoms in total. The maximum atomic E-state index is 12.0. The SMILES string of the molecule is Nc1ccc(S(=O)(=O)NC(=O)/C=C/c2ccccc2)cc1. The van der Waals surface area contributed by atoms with Crippen molar-refractivity contribution in [2.24, 2.45) is 0 Å². The van der Waals surface area contributed by atoms with Crippen LogP contribution in [-0.2, 0) is 14.8 Å². The lowest BCUT2D eigenvalue weighted by atomic mass is 10.2. The highest BCUT2D eigenvalue weighted by molar-refractivity contribution is 7.90. The molecule has 0 spiro atoms. The minimum atomic E-state index is -3.89. The van der Waals surface area contributed by atoms with Gasteiger partial charge in [-0.1, -0.05) is 30.3 Å². The summed E-state index contributed by atoms with van der Waals surface area (Å²) in [5.74, 6) is -0.712. The zero-order valence-electron chi connectivity index (χ0n) is 11.1. The number of carbonyl (C=O) groups is 1. The molecule has 0 unspecified atom stereocenters. The van der Waals surface area contributed by atoms with E-state index in [0.717, 1.165) is 5.56 Å². The zero-order chi connectivity index (χ0) is 15.3. The Morgan fingerprint density at radius 2 is 1.62 bits per heavy atom. The number of hydrogen-bond donors (Lipinski definition) is 2. The van der Waals surface area contributed by atoms with Gasteiger partial charge in [0.25, 0.3) is 15.9 Å². The van der Waals surface area contributed by atoms with Crippen LogP contribution >= 0.6 is 0 Å². The van der Waals surface area contributed by atoms with E-state index >= 15 is 0 Å². The molecule has 6 heteroatoms. The monoisotopic (exact) mass is 302 g/mol. The smallest absolute Gasteiger partial charge is 0.264 e. The van der Waals surface area contributed by atoms with Gasteiger partial charge in [0.05, 0.1) is 4.90 Å². The third-order valence-electron chi connectivity index (χ3n) is 2.65. The molecule has 2 aromatic carbocycles. The fourth-order valence-corrected chi connectivity index (χ4v) is 2.55. The highest BCUT2D eigenvalue weighted by Gasteiger charge is 2.15. The first kappa shape index (κ1) is 14.8. The standard InChI is InChI=1S/C15H14N2O3S/c16-13-7-9-14(10-8-13)21(19,20)17-15(18)11-6-12-4-2-1-3-5-12/h1-11H,16H2,(H,17,18)/b11-6+. The Morgan fingerprint density at radius 1 is 1.00 bits per heavy atom. The third kappa shape index (κ3) is 4.19. The lowest BCUT2D eigenvalue weighted by molar-refractivity contribution is -0.114. The molecule has 2 aromatic rings. The van der Waals surface area contributed by atoms with Crippen molar-refractivity contribution < 1.29 is 13.2 Å². The maximum absolute atomic E-state index is 12.0. The van der Waals surface area contributed by atoms with E-state index in [4.69, 9.17) is 5.73 Å². The van der Waals surface area contributed by atoms with Crippen LogP contribution in [0.15, 0.2) is 65.6 Å². The first-order valence-electron chi connectivity index (χ1n) is 6.13. The highest BCUT2D eigenvalue weighted by atomic mass is 32.2. The van der Waals surface area contributed by atoms with Crippen molar-refractivity contribution >= 4 is 27.7 Å². The summed E-state index contributed by atoms with van der Waals surface area (Å²) in [6, 6.07) is 14.7. The molecule has 0 saturated heterocycles. The molecule has 0 aliphatic heterocycles. The Morgan fingerprint density at radius 3 is 2.24 bits per heavy atom. The third-order valence-corrected chi connectivity index (χ3v) is 4.01. The lowest BCUT2D eigenvalue weighted by Crippen LogP contribution is -2.28. The van der Waals surface area contributed by atoms with Gasteiger partial charge in [0.15, 0.2) is 0 Å². The van der Waals surface area contributed by atoms with Crippen LogP contribution in [0.1, 0.15) is 5.56 Å². The topological polar surface area (TPSA) is 89.3 Å². The van der Waals surface area contributed by atoms with Gasteiger partial charge in [-0.15, -0.1) is 0 Å². The Hall–Kier alpha value is -2.60. The molecule has 0 aromatic heterocycles. The number of hydrogen-bond acceptors (Lipinski definition) is 4. The average molecular weight is 302 g/mol. The van der Waals surface area contributed by atoms with Crippen LogP contribution < -0.4 is 10.5 Å². The van der Waals surface area contributed by atoms with E-state index in [2.05, 4.69) is 0 Å². The predicted octanol–water partition coefficient (Wildman–Crippen LogP) is 1.79. The van der Waals surface area contributed by atoms with Crippen molar-refractivity contribution in [1.82, 2.24) is 4.72 Å². The Kier molecular flexibility index (Phi) is 4.39. The van der Waals surface area contributed by atoms with Crippen molar-refractivity contribution in [3.8, 4) is 0 Å². The average Bonchev–Trinajstić information content (AvgIpc) is 2.46. The number of anilines is 1. The van der Waals surface area contributed by atoms with Crippen molar-refractivity contribution in [2.45, 2.75) is 4.90 Å². The molecular weight excluding hydrogens is 288 g/mol. The van der Waals surface area contributed by atoms with Crippen LogP contribution in [0.5, 0.6) is 0 Å². The molecule has 108 valence electrons. The van der Waals surface area contributed by atoms with Gasteiger partial charge in [0, 0.05) is 11.8 Å². The molecule has 1 amide bonds. The van der Waals surface area contributed by atoms with Gasteiger partial charge >= 0.3 is 0 Å². The second-order valence-electron chi connectivity index (χ2n) is 4.28. The van der Waals surface area contributed by atoms with Crippen LogP contribution in [0.4, 0.5) is 5.69 Å². The molecule has 0 bridgehead atoms. The molecule has 0 saturated carbocycles. The molecule has 0 radical (unpaired) electrons. The Labute approximate surface area is 123 Å². The molecule has 0 fully saturated rings. The van der Waals surface area contributed by atoms with Gasteiger partial charge in [0.2, 0.25) is 0 Å². The molecule has 0 heterocycles. The number of nitrogens with two attached hydrogens (primary N) is 1. The summed E-state index contributed by atoms with van der Waals surface area (Å²) in [4.78, 5) is 11.7. The number of benzene rings is 2. The number of nitrogen functional groups attached to an aromatic ring is 1. The summed E-state index contributed by atoms with van der Waals surface area (Å²) >= 11 is 0. The van der Waals surface area contributed by atoms with Gasteiger partial charge in [-0.2, -0.15) is 0 Å². The summed E-state index contributed by atoms with van der Waals surface area (Å²) in [5, 5.41) is 0. The predicted molar refractivity (Wildman–Crippen MR) is 81.7 cm³/mol.